The maximum Gasteiger partial charge on any atom is 0.322 e. The quantitative estimate of drug-likeness (QED) is 0.564. The number of aromatic nitrogens is 2. The van der Waals surface area contributed by atoms with Crippen LogP contribution >= 0.6 is 0 Å². The summed E-state index contributed by atoms with van der Waals surface area (Å²) in [7, 11) is -3.58. The van der Waals surface area contributed by atoms with Crippen LogP contribution in [0.25, 0.3) is 0 Å². The monoisotopic (exact) mass is 417 g/mol. The van der Waals surface area contributed by atoms with Gasteiger partial charge >= 0.3 is 6.01 Å². The molecule has 9 heteroatoms. The summed E-state index contributed by atoms with van der Waals surface area (Å²) in [6.07, 6.45) is 0.519. The summed E-state index contributed by atoms with van der Waals surface area (Å²) in [5.74, 6) is -0.799. The largest absolute Gasteiger partial charge is 0.407 e. The van der Waals surface area contributed by atoms with Crippen LogP contribution in [0.5, 0.6) is 0 Å². The number of anilines is 1. The SMILES string of the molecule is Cc1ccc(Cc2nnc(NC(=O)CCCS(=O)(=O)c3ccc(F)cc3)o2)cc1. The molecule has 0 spiro atoms. The molecule has 0 bridgehead atoms. The first-order valence-corrected chi connectivity index (χ1v) is 10.6. The van der Waals surface area contributed by atoms with E-state index in [2.05, 4.69) is 15.5 Å². The molecule has 0 aliphatic rings. The van der Waals surface area contributed by atoms with Crippen molar-refractivity contribution in [2.45, 2.75) is 31.1 Å². The predicted molar refractivity (Wildman–Crippen MR) is 105 cm³/mol. The minimum Gasteiger partial charge on any atom is -0.407 e. The van der Waals surface area contributed by atoms with Gasteiger partial charge in [0.05, 0.1) is 17.1 Å². The first kappa shape index (κ1) is 20.7. The molecule has 0 fully saturated rings. The fourth-order valence-corrected chi connectivity index (χ4v) is 3.93. The van der Waals surface area contributed by atoms with E-state index in [0.717, 1.165) is 23.3 Å². The van der Waals surface area contributed by atoms with Crippen molar-refractivity contribution in [3.8, 4) is 0 Å². The molecule has 0 radical (unpaired) electrons. The zero-order chi connectivity index (χ0) is 20.9. The number of aryl methyl sites for hydroxylation is 1. The molecule has 3 aromatic rings. The molecule has 0 aliphatic carbocycles. The standard InChI is InChI=1S/C20H20FN3O4S/c1-14-4-6-15(7-5-14)13-19-23-24-20(28-19)22-18(25)3-2-12-29(26,27)17-10-8-16(21)9-11-17/h4-11H,2-3,12-13H2,1H3,(H,22,24,25). The van der Waals surface area contributed by atoms with Crippen molar-refractivity contribution >= 4 is 21.8 Å². The van der Waals surface area contributed by atoms with Gasteiger partial charge in [0.25, 0.3) is 0 Å². The number of halogens is 1. The lowest BCUT2D eigenvalue weighted by molar-refractivity contribution is -0.116. The molecule has 0 aliphatic heterocycles. The molecule has 0 atom stereocenters. The third-order valence-electron chi connectivity index (χ3n) is 4.18. The number of carbonyl (C=O) groups is 1. The van der Waals surface area contributed by atoms with Crippen LogP contribution in [0.15, 0.2) is 57.8 Å². The van der Waals surface area contributed by atoms with Gasteiger partial charge in [-0.3, -0.25) is 10.1 Å². The Balaban J connectivity index is 1.48. The van der Waals surface area contributed by atoms with E-state index >= 15 is 0 Å². The van der Waals surface area contributed by atoms with Crippen molar-refractivity contribution in [3.05, 3.63) is 71.4 Å². The van der Waals surface area contributed by atoms with Gasteiger partial charge in [0.15, 0.2) is 9.84 Å². The first-order chi connectivity index (χ1) is 13.8. The van der Waals surface area contributed by atoms with E-state index in [1.807, 2.05) is 31.2 Å². The van der Waals surface area contributed by atoms with Crippen LogP contribution in [0.3, 0.4) is 0 Å². The maximum atomic E-state index is 12.9. The topological polar surface area (TPSA) is 102 Å². The van der Waals surface area contributed by atoms with Crippen LogP contribution in [-0.4, -0.2) is 30.3 Å². The molecule has 0 saturated carbocycles. The summed E-state index contributed by atoms with van der Waals surface area (Å²) in [5.41, 5.74) is 2.15. The zero-order valence-corrected chi connectivity index (χ0v) is 16.6. The van der Waals surface area contributed by atoms with E-state index < -0.39 is 21.6 Å². The number of amides is 1. The fourth-order valence-electron chi connectivity index (χ4n) is 2.62. The second kappa shape index (κ2) is 8.95. The Morgan fingerprint density at radius 1 is 1.07 bits per heavy atom. The van der Waals surface area contributed by atoms with E-state index in [9.17, 15) is 17.6 Å². The summed E-state index contributed by atoms with van der Waals surface area (Å²) in [4.78, 5) is 12.0. The van der Waals surface area contributed by atoms with Gasteiger partial charge in [-0.2, -0.15) is 0 Å². The summed E-state index contributed by atoms with van der Waals surface area (Å²) in [6.45, 7) is 2.00. The van der Waals surface area contributed by atoms with Gasteiger partial charge in [0.2, 0.25) is 11.8 Å². The van der Waals surface area contributed by atoms with Crippen LogP contribution in [0.2, 0.25) is 0 Å². The molecule has 1 N–H and O–H groups in total. The van der Waals surface area contributed by atoms with Gasteiger partial charge in [0, 0.05) is 6.42 Å². The van der Waals surface area contributed by atoms with Crippen LogP contribution in [0.1, 0.15) is 29.9 Å². The average molecular weight is 417 g/mol. The predicted octanol–water partition coefficient (Wildman–Crippen LogP) is 3.30. The van der Waals surface area contributed by atoms with E-state index in [1.54, 1.807) is 0 Å². The van der Waals surface area contributed by atoms with Gasteiger partial charge in [-0.25, -0.2) is 12.8 Å². The van der Waals surface area contributed by atoms with Gasteiger partial charge in [-0.15, -0.1) is 5.10 Å². The molecule has 7 nitrogen and oxygen atoms in total. The Kier molecular flexibility index (Phi) is 6.38. The van der Waals surface area contributed by atoms with Crippen molar-refractivity contribution in [1.82, 2.24) is 10.2 Å². The number of hydrogen-bond acceptors (Lipinski definition) is 6. The highest BCUT2D eigenvalue weighted by Crippen LogP contribution is 2.15. The number of rotatable bonds is 8. The van der Waals surface area contributed by atoms with Crippen LogP contribution in [-0.2, 0) is 21.1 Å². The molecule has 1 aromatic heterocycles. The molecule has 0 saturated heterocycles. The molecule has 0 unspecified atom stereocenters. The van der Waals surface area contributed by atoms with Gasteiger partial charge in [-0.05, 0) is 43.2 Å². The smallest absolute Gasteiger partial charge is 0.322 e. The average Bonchev–Trinajstić information content (AvgIpc) is 3.10. The fraction of sp³-hybridized carbons (Fsp3) is 0.250. The van der Waals surface area contributed by atoms with Crippen molar-refractivity contribution < 1.29 is 22.0 Å². The Hall–Kier alpha value is -3.07. The Bertz CT molecular complexity index is 1080. The summed E-state index contributed by atoms with van der Waals surface area (Å²) in [5, 5.41) is 10.1. The molecule has 2 aromatic carbocycles. The molecular formula is C20H20FN3O4S. The zero-order valence-electron chi connectivity index (χ0n) is 15.8. The number of hydrogen-bond donors (Lipinski definition) is 1. The van der Waals surface area contributed by atoms with Crippen LogP contribution < -0.4 is 5.32 Å². The number of carbonyl (C=O) groups excluding carboxylic acids is 1. The molecule has 3 rings (SSSR count). The summed E-state index contributed by atoms with van der Waals surface area (Å²) in [6, 6.07) is 12.4. The highest BCUT2D eigenvalue weighted by atomic mass is 32.2. The molecular weight excluding hydrogens is 397 g/mol. The van der Waals surface area contributed by atoms with Crippen molar-refractivity contribution in [1.29, 1.82) is 0 Å². The molecule has 1 amide bonds. The lowest BCUT2D eigenvalue weighted by Crippen LogP contribution is -2.14. The normalized spacial score (nSPS) is 11.4. The Morgan fingerprint density at radius 2 is 1.76 bits per heavy atom. The van der Waals surface area contributed by atoms with Crippen molar-refractivity contribution in [3.63, 3.8) is 0 Å². The molecule has 29 heavy (non-hydrogen) atoms. The van der Waals surface area contributed by atoms with E-state index in [4.69, 9.17) is 4.42 Å². The third kappa shape index (κ3) is 5.95. The van der Waals surface area contributed by atoms with Gasteiger partial charge < -0.3 is 4.42 Å². The maximum absolute atomic E-state index is 12.9. The number of sulfone groups is 1. The number of nitrogens with one attached hydrogen (secondary N) is 1. The highest BCUT2D eigenvalue weighted by molar-refractivity contribution is 7.91. The number of benzene rings is 2. The lowest BCUT2D eigenvalue weighted by atomic mass is 10.1. The van der Waals surface area contributed by atoms with Gasteiger partial charge in [-0.1, -0.05) is 34.9 Å². The van der Waals surface area contributed by atoms with Crippen LogP contribution in [0, 0.1) is 12.7 Å². The molecule has 1 heterocycles. The van der Waals surface area contributed by atoms with E-state index in [-0.39, 0.29) is 29.5 Å². The Morgan fingerprint density at radius 3 is 2.45 bits per heavy atom. The second-order valence-corrected chi connectivity index (χ2v) is 8.70. The van der Waals surface area contributed by atoms with Crippen molar-refractivity contribution in [2.24, 2.45) is 0 Å². The highest BCUT2D eigenvalue weighted by Gasteiger charge is 2.16. The minimum atomic E-state index is -3.58. The van der Waals surface area contributed by atoms with Crippen molar-refractivity contribution in [2.75, 3.05) is 11.1 Å². The molecule has 152 valence electrons. The Labute approximate surface area is 167 Å². The first-order valence-electron chi connectivity index (χ1n) is 8.98. The summed E-state index contributed by atoms with van der Waals surface area (Å²) < 4.78 is 42.7. The van der Waals surface area contributed by atoms with E-state index in [0.29, 0.717) is 12.3 Å². The van der Waals surface area contributed by atoms with E-state index in [1.165, 1.54) is 12.1 Å². The third-order valence-corrected chi connectivity index (χ3v) is 6.00. The summed E-state index contributed by atoms with van der Waals surface area (Å²) >= 11 is 0. The second-order valence-electron chi connectivity index (χ2n) is 6.59. The van der Waals surface area contributed by atoms with Crippen LogP contribution in [0.4, 0.5) is 10.4 Å². The number of nitrogens with zero attached hydrogens (tertiary/aromatic N) is 2. The minimum absolute atomic E-state index is 0.0250. The van der Waals surface area contributed by atoms with Gasteiger partial charge in [0.1, 0.15) is 5.82 Å². The lowest BCUT2D eigenvalue weighted by Gasteiger charge is -2.04.